The van der Waals surface area contributed by atoms with Crippen molar-refractivity contribution in [1.29, 1.82) is 5.26 Å². The fraction of sp³-hybridized carbons (Fsp3) is 0.300. The predicted molar refractivity (Wildman–Crippen MR) is 76.1 cm³/mol. The molecule has 104 valence electrons. The lowest BCUT2D eigenvalue weighted by molar-refractivity contribution is 0.451. The summed E-state index contributed by atoms with van der Waals surface area (Å²) < 4.78 is 23.5. The Morgan fingerprint density at radius 2 is 1.74 bits per heavy atom. The third-order valence-electron chi connectivity index (χ3n) is 2.05. The van der Waals surface area contributed by atoms with Gasteiger partial charge in [-0.05, 0) is 24.3 Å². The SMILES string of the molecule is N#CCN(CC(Cl)(Cl)Cl)S(=O)(=O)c1ccc(Cl)cc1. The van der Waals surface area contributed by atoms with Crippen LogP contribution in [0.5, 0.6) is 0 Å². The van der Waals surface area contributed by atoms with E-state index in [1.165, 1.54) is 24.3 Å². The Hall–Kier alpha value is -0.220. The molecule has 0 saturated carbocycles. The molecule has 0 heterocycles. The van der Waals surface area contributed by atoms with Crippen LogP contribution in [0.1, 0.15) is 0 Å². The molecule has 9 heteroatoms. The first-order valence-corrected chi connectivity index (χ1v) is 7.81. The molecule has 0 bridgehead atoms. The van der Waals surface area contributed by atoms with E-state index in [2.05, 4.69) is 0 Å². The Kier molecular flexibility index (Phi) is 5.75. The lowest BCUT2D eigenvalue weighted by Crippen LogP contribution is -2.37. The van der Waals surface area contributed by atoms with Gasteiger partial charge in [0.2, 0.25) is 13.8 Å². The number of sulfonamides is 1. The predicted octanol–water partition coefficient (Wildman–Crippen LogP) is 3.22. The zero-order valence-corrected chi connectivity index (χ0v) is 13.2. The van der Waals surface area contributed by atoms with Crippen LogP contribution in [0.15, 0.2) is 29.2 Å². The van der Waals surface area contributed by atoms with Gasteiger partial charge in [-0.25, -0.2) is 8.42 Å². The average molecular weight is 362 g/mol. The minimum atomic E-state index is -3.91. The van der Waals surface area contributed by atoms with Gasteiger partial charge >= 0.3 is 0 Å². The maximum Gasteiger partial charge on any atom is 0.244 e. The number of alkyl halides is 3. The molecule has 0 aliphatic heterocycles. The molecule has 1 aromatic rings. The number of halogens is 4. The van der Waals surface area contributed by atoms with Gasteiger partial charge in [0.1, 0.15) is 6.54 Å². The van der Waals surface area contributed by atoms with Crippen molar-refractivity contribution >= 4 is 56.4 Å². The van der Waals surface area contributed by atoms with E-state index < -0.39 is 26.9 Å². The molecule has 0 atom stereocenters. The third-order valence-corrected chi connectivity index (χ3v) is 4.47. The molecule has 0 N–H and O–H groups in total. The van der Waals surface area contributed by atoms with Crippen LogP contribution in [-0.4, -0.2) is 29.6 Å². The molecule has 1 aromatic carbocycles. The summed E-state index contributed by atoms with van der Waals surface area (Å²) in [5.41, 5.74) is 0. The second-order valence-electron chi connectivity index (χ2n) is 3.50. The number of hydrogen-bond donors (Lipinski definition) is 0. The van der Waals surface area contributed by atoms with E-state index in [0.717, 1.165) is 4.31 Å². The number of nitriles is 1. The monoisotopic (exact) mass is 360 g/mol. The zero-order valence-electron chi connectivity index (χ0n) is 9.35. The van der Waals surface area contributed by atoms with Crippen molar-refractivity contribution in [2.24, 2.45) is 0 Å². The first kappa shape index (κ1) is 16.8. The molecular weight excluding hydrogens is 354 g/mol. The van der Waals surface area contributed by atoms with Gasteiger partial charge in [-0.1, -0.05) is 46.4 Å². The highest BCUT2D eigenvalue weighted by Gasteiger charge is 2.32. The van der Waals surface area contributed by atoms with Crippen LogP contribution in [0.3, 0.4) is 0 Å². The van der Waals surface area contributed by atoms with Crippen molar-refractivity contribution in [1.82, 2.24) is 4.31 Å². The first-order valence-electron chi connectivity index (χ1n) is 4.86. The Balaban J connectivity index is 3.13. The number of benzene rings is 1. The molecule has 0 radical (unpaired) electrons. The van der Waals surface area contributed by atoms with Crippen molar-refractivity contribution in [2.45, 2.75) is 8.69 Å². The lowest BCUT2D eigenvalue weighted by Gasteiger charge is -2.23. The van der Waals surface area contributed by atoms with Gasteiger partial charge in [0.25, 0.3) is 0 Å². The highest BCUT2D eigenvalue weighted by atomic mass is 35.6. The Bertz CT molecular complexity index is 575. The fourth-order valence-electron chi connectivity index (χ4n) is 1.26. The normalized spacial score (nSPS) is 12.4. The summed E-state index contributed by atoms with van der Waals surface area (Å²) in [6.45, 7) is -0.838. The summed E-state index contributed by atoms with van der Waals surface area (Å²) in [7, 11) is -3.91. The van der Waals surface area contributed by atoms with E-state index in [1.54, 1.807) is 6.07 Å². The highest BCUT2D eigenvalue weighted by molar-refractivity contribution is 7.89. The topological polar surface area (TPSA) is 61.2 Å². The molecule has 0 amide bonds. The van der Waals surface area contributed by atoms with Gasteiger partial charge in [-0.3, -0.25) is 0 Å². The molecule has 0 spiro atoms. The largest absolute Gasteiger partial charge is 0.244 e. The summed E-state index contributed by atoms with van der Waals surface area (Å²) in [6.07, 6.45) is 0. The van der Waals surface area contributed by atoms with Gasteiger partial charge in [0, 0.05) is 5.02 Å². The van der Waals surface area contributed by atoms with Crippen LogP contribution in [0.25, 0.3) is 0 Å². The van der Waals surface area contributed by atoms with Crippen LogP contribution in [0.4, 0.5) is 0 Å². The summed E-state index contributed by atoms with van der Waals surface area (Å²) in [4.78, 5) is -0.0265. The van der Waals surface area contributed by atoms with Gasteiger partial charge in [-0.15, -0.1) is 0 Å². The Morgan fingerprint density at radius 1 is 1.21 bits per heavy atom. The average Bonchev–Trinajstić information content (AvgIpc) is 2.27. The van der Waals surface area contributed by atoms with Crippen molar-refractivity contribution in [3.8, 4) is 6.07 Å². The Labute approximate surface area is 131 Å². The van der Waals surface area contributed by atoms with E-state index in [9.17, 15) is 8.42 Å². The summed E-state index contributed by atoms with van der Waals surface area (Å²) in [6, 6.07) is 7.21. The van der Waals surface area contributed by atoms with E-state index in [1.807, 2.05) is 0 Å². The van der Waals surface area contributed by atoms with Crippen LogP contribution in [0, 0.1) is 11.3 Å². The molecule has 0 aliphatic carbocycles. The minimum absolute atomic E-state index is 0.0265. The molecule has 0 fully saturated rings. The first-order chi connectivity index (χ1) is 8.66. The lowest BCUT2D eigenvalue weighted by atomic mass is 10.4. The fourth-order valence-corrected chi connectivity index (χ4v) is 3.40. The van der Waals surface area contributed by atoms with E-state index in [4.69, 9.17) is 51.7 Å². The highest BCUT2D eigenvalue weighted by Crippen LogP contribution is 2.29. The summed E-state index contributed by atoms with van der Waals surface area (Å²) in [5.74, 6) is 0. The number of nitrogens with zero attached hydrogens (tertiary/aromatic N) is 2. The molecule has 4 nitrogen and oxygen atoms in total. The maximum absolute atomic E-state index is 12.3. The number of rotatable bonds is 4. The quantitative estimate of drug-likeness (QED) is 0.611. The van der Waals surface area contributed by atoms with Crippen molar-refractivity contribution < 1.29 is 8.42 Å². The minimum Gasteiger partial charge on any atom is -0.207 e. The summed E-state index contributed by atoms with van der Waals surface area (Å²) in [5, 5.41) is 9.08. The van der Waals surface area contributed by atoms with Gasteiger partial charge in [0.05, 0.1) is 17.5 Å². The van der Waals surface area contributed by atoms with E-state index >= 15 is 0 Å². The standard InChI is InChI=1S/C10H8Cl4N2O2S/c11-8-1-3-9(4-2-8)19(17,18)16(6-5-15)7-10(12,13)14/h1-4H,6-7H2. The summed E-state index contributed by atoms with van der Waals surface area (Å²) >= 11 is 22.4. The van der Waals surface area contributed by atoms with Crippen molar-refractivity contribution in [3.63, 3.8) is 0 Å². The van der Waals surface area contributed by atoms with Gasteiger partial charge in [0.15, 0.2) is 0 Å². The smallest absolute Gasteiger partial charge is 0.207 e. The second-order valence-corrected chi connectivity index (χ2v) is 8.39. The Morgan fingerprint density at radius 3 is 2.16 bits per heavy atom. The second kappa shape index (κ2) is 6.49. The van der Waals surface area contributed by atoms with Crippen molar-refractivity contribution in [2.75, 3.05) is 13.1 Å². The van der Waals surface area contributed by atoms with E-state index in [-0.39, 0.29) is 4.90 Å². The third kappa shape index (κ3) is 4.99. The van der Waals surface area contributed by atoms with Gasteiger partial charge in [-0.2, -0.15) is 9.57 Å². The molecule has 19 heavy (non-hydrogen) atoms. The molecule has 0 unspecified atom stereocenters. The maximum atomic E-state index is 12.3. The van der Waals surface area contributed by atoms with Gasteiger partial charge < -0.3 is 0 Å². The molecule has 0 aliphatic rings. The number of hydrogen-bond acceptors (Lipinski definition) is 3. The van der Waals surface area contributed by atoms with Crippen molar-refractivity contribution in [3.05, 3.63) is 29.3 Å². The molecular formula is C10H8Cl4N2O2S. The molecule has 0 saturated heterocycles. The van der Waals surface area contributed by atoms with Crippen LogP contribution in [0.2, 0.25) is 5.02 Å². The molecule has 0 aromatic heterocycles. The zero-order chi connectivity index (χ0) is 14.7. The molecule has 1 rings (SSSR count). The van der Waals surface area contributed by atoms with E-state index in [0.29, 0.717) is 5.02 Å². The van der Waals surface area contributed by atoms with Crippen LogP contribution >= 0.6 is 46.4 Å². The van der Waals surface area contributed by atoms with Crippen LogP contribution < -0.4 is 0 Å². The van der Waals surface area contributed by atoms with Crippen LogP contribution in [-0.2, 0) is 10.0 Å².